The molecule has 0 aromatic carbocycles. The van der Waals surface area contributed by atoms with Gasteiger partial charge in [0.1, 0.15) is 0 Å². The largest absolute Gasteiger partial charge is 0.316 e. The summed E-state index contributed by atoms with van der Waals surface area (Å²) in [6, 6.07) is 0. The van der Waals surface area contributed by atoms with Gasteiger partial charge in [0, 0.05) is 25.9 Å². The van der Waals surface area contributed by atoms with E-state index in [1.165, 1.54) is 12.8 Å². The first-order valence-corrected chi connectivity index (χ1v) is 6.47. The summed E-state index contributed by atoms with van der Waals surface area (Å²) in [4.78, 5) is 2.23. The fourth-order valence-corrected chi connectivity index (χ4v) is 2.75. The number of nitrogens with one attached hydrogen (secondary N) is 1. The molecular weight excluding hydrogens is 210 g/mol. The molecule has 2 rings (SSSR count). The van der Waals surface area contributed by atoms with E-state index in [0.717, 1.165) is 26.2 Å². The van der Waals surface area contributed by atoms with E-state index in [1.807, 2.05) is 0 Å². The van der Waals surface area contributed by atoms with Gasteiger partial charge in [-0.25, -0.2) is 8.78 Å². The molecule has 1 atom stereocenters. The maximum Gasteiger partial charge on any atom is 0.249 e. The van der Waals surface area contributed by atoms with E-state index in [-0.39, 0.29) is 12.8 Å². The second-order valence-corrected chi connectivity index (χ2v) is 5.22. The Labute approximate surface area is 96.4 Å². The first-order chi connectivity index (χ1) is 7.66. The number of hydrogen-bond acceptors (Lipinski definition) is 2. The van der Waals surface area contributed by atoms with Gasteiger partial charge in [0.15, 0.2) is 0 Å². The van der Waals surface area contributed by atoms with Crippen molar-refractivity contribution in [1.82, 2.24) is 10.2 Å². The van der Waals surface area contributed by atoms with Crippen LogP contribution in [0, 0.1) is 5.92 Å². The first kappa shape index (κ1) is 12.2. The van der Waals surface area contributed by atoms with Gasteiger partial charge in [-0.05, 0) is 44.8 Å². The van der Waals surface area contributed by atoms with Crippen LogP contribution >= 0.6 is 0 Å². The van der Waals surface area contributed by atoms with Crippen LogP contribution in [0.3, 0.4) is 0 Å². The van der Waals surface area contributed by atoms with Crippen molar-refractivity contribution < 1.29 is 8.78 Å². The van der Waals surface area contributed by atoms with E-state index in [9.17, 15) is 8.78 Å². The fraction of sp³-hybridized carbons (Fsp3) is 1.00. The molecule has 2 saturated heterocycles. The van der Waals surface area contributed by atoms with Crippen molar-refractivity contribution in [1.29, 1.82) is 0 Å². The van der Waals surface area contributed by atoms with Crippen LogP contribution < -0.4 is 5.32 Å². The Morgan fingerprint density at radius 3 is 2.81 bits per heavy atom. The average molecular weight is 232 g/mol. The van der Waals surface area contributed by atoms with Crippen molar-refractivity contribution in [3.05, 3.63) is 0 Å². The summed E-state index contributed by atoms with van der Waals surface area (Å²) in [5.41, 5.74) is 0. The molecule has 2 aliphatic heterocycles. The smallest absolute Gasteiger partial charge is 0.249 e. The maximum absolute atomic E-state index is 13.2. The molecule has 1 N–H and O–H groups in total. The monoisotopic (exact) mass is 232 g/mol. The molecule has 0 spiro atoms. The highest BCUT2D eigenvalue weighted by atomic mass is 19.3. The van der Waals surface area contributed by atoms with Gasteiger partial charge >= 0.3 is 0 Å². The van der Waals surface area contributed by atoms with Crippen molar-refractivity contribution in [3.8, 4) is 0 Å². The van der Waals surface area contributed by atoms with Crippen molar-refractivity contribution in [2.75, 3.05) is 32.7 Å². The normalized spacial score (nSPS) is 32.2. The molecule has 0 aliphatic carbocycles. The summed E-state index contributed by atoms with van der Waals surface area (Å²) < 4.78 is 26.4. The van der Waals surface area contributed by atoms with Crippen LogP contribution in [0.2, 0.25) is 0 Å². The molecule has 0 amide bonds. The van der Waals surface area contributed by atoms with Crippen molar-refractivity contribution in [2.24, 2.45) is 5.92 Å². The van der Waals surface area contributed by atoms with Crippen LogP contribution in [0.15, 0.2) is 0 Å². The number of rotatable bonds is 2. The number of piperidine rings is 1. The Bertz CT molecular complexity index is 215. The molecule has 2 nitrogen and oxygen atoms in total. The third-order valence-corrected chi connectivity index (χ3v) is 3.73. The molecule has 0 radical (unpaired) electrons. The summed E-state index contributed by atoms with van der Waals surface area (Å²) in [6.45, 7) is 4.61. The van der Waals surface area contributed by atoms with Gasteiger partial charge in [-0.3, -0.25) is 0 Å². The predicted molar refractivity (Wildman–Crippen MR) is 60.8 cm³/mol. The van der Waals surface area contributed by atoms with Gasteiger partial charge in [0.05, 0.1) is 0 Å². The zero-order valence-electron chi connectivity index (χ0n) is 9.85. The van der Waals surface area contributed by atoms with E-state index in [0.29, 0.717) is 18.9 Å². The average Bonchev–Trinajstić information content (AvgIpc) is 2.42. The first-order valence-electron chi connectivity index (χ1n) is 6.47. The zero-order valence-corrected chi connectivity index (χ0v) is 9.85. The number of likely N-dealkylation sites (tertiary alicyclic amines) is 1. The Hall–Kier alpha value is -0.220. The predicted octanol–water partition coefficient (Wildman–Crippen LogP) is 2.11. The highest BCUT2D eigenvalue weighted by Gasteiger charge is 2.32. The number of alkyl halides is 2. The summed E-state index contributed by atoms with van der Waals surface area (Å²) in [5.74, 6) is -1.75. The van der Waals surface area contributed by atoms with Gasteiger partial charge in [-0.1, -0.05) is 0 Å². The molecule has 4 heteroatoms. The van der Waals surface area contributed by atoms with Crippen molar-refractivity contribution in [2.45, 2.75) is 38.0 Å². The Morgan fingerprint density at radius 1 is 1.19 bits per heavy atom. The van der Waals surface area contributed by atoms with Gasteiger partial charge in [-0.2, -0.15) is 0 Å². The molecule has 0 saturated carbocycles. The molecule has 0 aromatic rings. The molecule has 2 heterocycles. The Balaban J connectivity index is 1.76. The highest BCUT2D eigenvalue weighted by Crippen LogP contribution is 2.28. The lowest BCUT2D eigenvalue weighted by molar-refractivity contribution is -0.0134. The van der Waals surface area contributed by atoms with Crippen LogP contribution in [-0.2, 0) is 0 Å². The number of hydrogen-bond donors (Lipinski definition) is 1. The Morgan fingerprint density at radius 2 is 2.06 bits per heavy atom. The van der Waals surface area contributed by atoms with E-state index in [4.69, 9.17) is 0 Å². The Kier molecular flexibility index (Phi) is 4.14. The minimum atomic E-state index is -2.42. The van der Waals surface area contributed by atoms with Gasteiger partial charge in [0.2, 0.25) is 5.92 Å². The molecule has 2 aliphatic rings. The summed E-state index contributed by atoms with van der Waals surface area (Å²) in [7, 11) is 0. The van der Waals surface area contributed by atoms with Crippen LogP contribution in [0.1, 0.15) is 32.1 Å². The topological polar surface area (TPSA) is 15.3 Å². The van der Waals surface area contributed by atoms with E-state index in [1.54, 1.807) is 0 Å². The third kappa shape index (κ3) is 3.67. The lowest BCUT2D eigenvalue weighted by Gasteiger charge is -2.29. The summed E-state index contributed by atoms with van der Waals surface area (Å²) in [6.07, 6.45) is 3.25. The molecule has 16 heavy (non-hydrogen) atoms. The van der Waals surface area contributed by atoms with Crippen LogP contribution in [0.5, 0.6) is 0 Å². The van der Waals surface area contributed by atoms with Crippen LogP contribution in [-0.4, -0.2) is 43.5 Å². The molecule has 2 fully saturated rings. The second kappa shape index (κ2) is 5.41. The van der Waals surface area contributed by atoms with E-state index < -0.39 is 5.92 Å². The van der Waals surface area contributed by atoms with E-state index in [2.05, 4.69) is 10.2 Å². The molecule has 94 valence electrons. The summed E-state index contributed by atoms with van der Waals surface area (Å²) in [5, 5.41) is 3.38. The molecule has 1 unspecified atom stereocenters. The van der Waals surface area contributed by atoms with E-state index >= 15 is 0 Å². The standard InChI is InChI=1S/C12H22F2N2/c13-12(14)4-2-7-16(8-5-12)10-11-3-1-6-15-9-11/h11,15H,1-10H2. The van der Waals surface area contributed by atoms with Gasteiger partial charge < -0.3 is 10.2 Å². The van der Waals surface area contributed by atoms with Crippen LogP contribution in [0.25, 0.3) is 0 Å². The lowest BCUT2D eigenvalue weighted by atomic mass is 9.99. The summed E-state index contributed by atoms with van der Waals surface area (Å²) >= 11 is 0. The molecule has 0 aromatic heterocycles. The second-order valence-electron chi connectivity index (χ2n) is 5.22. The fourth-order valence-electron chi connectivity index (χ4n) is 2.75. The number of nitrogens with zero attached hydrogens (tertiary/aromatic N) is 1. The van der Waals surface area contributed by atoms with Crippen molar-refractivity contribution in [3.63, 3.8) is 0 Å². The highest BCUT2D eigenvalue weighted by molar-refractivity contribution is 4.78. The molecular formula is C12H22F2N2. The third-order valence-electron chi connectivity index (χ3n) is 3.73. The van der Waals surface area contributed by atoms with Crippen molar-refractivity contribution >= 4 is 0 Å². The maximum atomic E-state index is 13.2. The molecule has 0 bridgehead atoms. The minimum Gasteiger partial charge on any atom is -0.316 e. The number of halogens is 2. The van der Waals surface area contributed by atoms with Gasteiger partial charge in [0.25, 0.3) is 0 Å². The quantitative estimate of drug-likeness (QED) is 0.784. The zero-order chi connectivity index (χ0) is 11.4. The van der Waals surface area contributed by atoms with Gasteiger partial charge in [-0.15, -0.1) is 0 Å². The minimum absolute atomic E-state index is 0.0488. The van der Waals surface area contributed by atoms with Crippen LogP contribution in [0.4, 0.5) is 8.78 Å². The SMILES string of the molecule is FC1(F)CCCN(CC2CCCNC2)CC1. The lowest BCUT2D eigenvalue weighted by Crippen LogP contribution is -2.38.